The summed E-state index contributed by atoms with van der Waals surface area (Å²) in [6, 6.07) is 11.4. The number of ether oxygens (including phenoxy) is 1. The number of halogens is 1. The van der Waals surface area contributed by atoms with Crippen molar-refractivity contribution in [3.63, 3.8) is 0 Å². The zero-order valence-corrected chi connectivity index (χ0v) is 24.4. The number of anilines is 2. The van der Waals surface area contributed by atoms with Crippen molar-refractivity contribution in [2.75, 3.05) is 38.5 Å². The van der Waals surface area contributed by atoms with Gasteiger partial charge in [-0.15, -0.1) is 0 Å². The molecule has 2 saturated heterocycles. The van der Waals surface area contributed by atoms with E-state index in [0.717, 1.165) is 48.1 Å². The molecule has 2 atom stereocenters. The molecule has 0 radical (unpaired) electrons. The van der Waals surface area contributed by atoms with Crippen molar-refractivity contribution >= 4 is 28.5 Å². The third-order valence-electron chi connectivity index (χ3n) is 8.33. The number of rotatable bonds is 5. The second-order valence-corrected chi connectivity index (χ2v) is 12.6. The molecule has 3 aromatic rings. The van der Waals surface area contributed by atoms with Gasteiger partial charge in [-0.2, -0.15) is 0 Å². The van der Waals surface area contributed by atoms with Crippen LogP contribution >= 0.6 is 0 Å². The van der Waals surface area contributed by atoms with Gasteiger partial charge in [-0.05, 0) is 102 Å². The number of carbonyl (C=O) groups excluding carboxylic acids is 1. The van der Waals surface area contributed by atoms with E-state index in [1.54, 1.807) is 23.2 Å². The fourth-order valence-electron chi connectivity index (χ4n) is 5.89. The van der Waals surface area contributed by atoms with E-state index in [4.69, 9.17) is 9.72 Å². The van der Waals surface area contributed by atoms with Crippen molar-refractivity contribution in [3.05, 3.63) is 59.7 Å². The number of hydrogen-bond acceptors (Lipinski definition) is 6. The van der Waals surface area contributed by atoms with E-state index in [0.29, 0.717) is 36.4 Å². The first-order chi connectivity index (χ1) is 19.1. The van der Waals surface area contributed by atoms with Crippen molar-refractivity contribution in [2.24, 2.45) is 5.92 Å². The van der Waals surface area contributed by atoms with Crippen LogP contribution in [0.15, 0.2) is 42.6 Å². The molecule has 0 bridgehead atoms. The maximum atomic E-state index is 15.3. The molecule has 2 aliphatic heterocycles. The van der Waals surface area contributed by atoms with Gasteiger partial charge in [-0.25, -0.2) is 14.2 Å². The number of aromatic nitrogens is 2. The van der Waals surface area contributed by atoms with Gasteiger partial charge in [0.2, 0.25) is 0 Å². The molecule has 1 N–H and O–H groups in total. The summed E-state index contributed by atoms with van der Waals surface area (Å²) in [7, 11) is 2.18. The lowest BCUT2D eigenvalue weighted by atomic mass is 9.83. The zero-order valence-electron chi connectivity index (χ0n) is 24.4. The molecule has 2 unspecified atom stereocenters. The summed E-state index contributed by atoms with van der Waals surface area (Å²) in [5, 5.41) is 4.11. The molecule has 2 aliphatic rings. The summed E-state index contributed by atoms with van der Waals surface area (Å²) in [6.07, 6.45) is 5.62. The van der Waals surface area contributed by atoms with Crippen molar-refractivity contribution in [1.82, 2.24) is 19.8 Å². The number of piperidine rings is 2. The molecule has 1 amide bonds. The lowest BCUT2D eigenvalue weighted by Gasteiger charge is -2.34. The van der Waals surface area contributed by atoms with Crippen LogP contribution in [0, 0.1) is 11.7 Å². The largest absolute Gasteiger partial charge is 0.444 e. The first-order valence-electron chi connectivity index (χ1n) is 14.6. The second-order valence-electron chi connectivity index (χ2n) is 12.6. The summed E-state index contributed by atoms with van der Waals surface area (Å²) >= 11 is 0. The second kappa shape index (κ2) is 11.7. The van der Waals surface area contributed by atoms with Crippen molar-refractivity contribution in [3.8, 4) is 0 Å². The molecule has 2 fully saturated rings. The third kappa shape index (κ3) is 6.72. The number of pyridine rings is 2. The highest BCUT2D eigenvalue weighted by molar-refractivity contribution is 5.81. The average Bonchev–Trinajstić information content (AvgIpc) is 2.93. The van der Waals surface area contributed by atoms with Crippen LogP contribution < -0.4 is 5.32 Å². The molecule has 214 valence electrons. The first-order valence-corrected chi connectivity index (χ1v) is 14.6. The minimum atomic E-state index is -0.539. The highest BCUT2D eigenvalue weighted by Crippen LogP contribution is 2.33. The standard InChI is InChI=1S/C32H42FN5O2/c1-21(22-12-15-37(5)16-13-22)27-10-9-24-19-34-30(18-29(24)35-27)36-28-11-8-23(17-26(28)33)25-7-6-14-38(20-25)31(39)40-32(2,3)4/h8-11,17-19,21-22,25H,6-7,12-16,20H2,1-5H3,(H,34,36). The number of amides is 1. The first kappa shape index (κ1) is 28.3. The van der Waals surface area contributed by atoms with Crippen LogP contribution in [0.1, 0.15) is 76.5 Å². The lowest BCUT2D eigenvalue weighted by Crippen LogP contribution is -2.42. The number of nitrogens with one attached hydrogen (secondary N) is 1. The predicted molar refractivity (Wildman–Crippen MR) is 158 cm³/mol. The van der Waals surface area contributed by atoms with Crippen molar-refractivity contribution in [1.29, 1.82) is 0 Å². The van der Waals surface area contributed by atoms with E-state index in [9.17, 15) is 4.79 Å². The van der Waals surface area contributed by atoms with Crippen LogP contribution in [-0.4, -0.2) is 64.7 Å². The topological polar surface area (TPSA) is 70.6 Å². The number of carbonyl (C=O) groups is 1. The van der Waals surface area contributed by atoms with Gasteiger partial charge in [-0.1, -0.05) is 13.0 Å². The Bertz CT molecular complexity index is 1350. The van der Waals surface area contributed by atoms with Crippen LogP contribution in [0.3, 0.4) is 0 Å². The van der Waals surface area contributed by atoms with Gasteiger partial charge in [0.25, 0.3) is 0 Å². The highest BCUT2D eigenvalue weighted by Gasteiger charge is 2.29. The predicted octanol–water partition coefficient (Wildman–Crippen LogP) is 7.07. The molecule has 40 heavy (non-hydrogen) atoms. The SMILES string of the molecule is CC(c1ccc2cnc(Nc3ccc(C4CCCN(C(=O)OC(C)(C)C)C4)cc3F)cc2n1)C1CCN(C)CC1. The monoisotopic (exact) mass is 547 g/mol. The Hall–Kier alpha value is -3.26. The van der Waals surface area contributed by atoms with Crippen LogP contribution in [0.2, 0.25) is 0 Å². The fraction of sp³-hybridized carbons (Fsp3) is 0.531. The third-order valence-corrected chi connectivity index (χ3v) is 8.33. The Labute approximate surface area is 237 Å². The van der Waals surface area contributed by atoms with E-state index in [1.165, 1.54) is 12.8 Å². The van der Waals surface area contributed by atoms with Gasteiger partial charge in [0.15, 0.2) is 0 Å². The molecular formula is C32H42FN5O2. The van der Waals surface area contributed by atoms with E-state index in [-0.39, 0.29) is 17.8 Å². The number of likely N-dealkylation sites (tertiary alicyclic amines) is 2. The van der Waals surface area contributed by atoms with Gasteiger partial charge in [0.05, 0.1) is 11.2 Å². The van der Waals surface area contributed by atoms with Crippen molar-refractivity contribution < 1.29 is 13.9 Å². The van der Waals surface area contributed by atoms with Crippen LogP contribution in [0.5, 0.6) is 0 Å². The van der Waals surface area contributed by atoms with E-state index >= 15 is 4.39 Å². The van der Waals surface area contributed by atoms with Gasteiger partial charge >= 0.3 is 6.09 Å². The lowest BCUT2D eigenvalue weighted by molar-refractivity contribution is 0.0198. The quantitative estimate of drug-likeness (QED) is 0.368. The number of benzene rings is 1. The molecule has 5 rings (SSSR count). The fourth-order valence-corrected chi connectivity index (χ4v) is 5.89. The molecular weight excluding hydrogens is 505 g/mol. The number of nitrogens with zero attached hydrogens (tertiary/aromatic N) is 4. The van der Waals surface area contributed by atoms with Gasteiger partial charge in [0, 0.05) is 48.3 Å². The molecule has 1 aromatic carbocycles. The normalized spacial score (nSPS) is 19.9. The summed E-state index contributed by atoms with van der Waals surface area (Å²) in [5.41, 5.74) is 2.67. The molecule has 0 saturated carbocycles. The van der Waals surface area contributed by atoms with E-state index < -0.39 is 5.60 Å². The Kier molecular flexibility index (Phi) is 8.26. The van der Waals surface area contributed by atoms with Crippen LogP contribution in [0.25, 0.3) is 10.9 Å². The smallest absolute Gasteiger partial charge is 0.410 e. The Morgan fingerprint density at radius 3 is 2.60 bits per heavy atom. The van der Waals surface area contributed by atoms with Gasteiger partial charge in [-0.3, -0.25) is 4.98 Å². The summed E-state index contributed by atoms with van der Waals surface area (Å²) in [6.45, 7) is 11.3. The minimum absolute atomic E-state index is 0.0674. The van der Waals surface area contributed by atoms with Crippen LogP contribution in [0.4, 0.5) is 20.7 Å². The Morgan fingerprint density at radius 2 is 1.88 bits per heavy atom. The van der Waals surface area contributed by atoms with E-state index in [2.05, 4.69) is 41.3 Å². The highest BCUT2D eigenvalue weighted by atomic mass is 19.1. The molecule has 8 heteroatoms. The van der Waals surface area contributed by atoms with Crippen LogP contribution in [-0.2, 0) is 4.74 Å². The number of hydrogen-bond donors (Lipinski definition) is 1. The average molecular weight is 548 g/mol. The Morgan fingerprint density at radius 1 is 1.10 bits per heavy atom. The van der Waals surface area contributed by atoms with Gasteiger partial charge < -0.3 is 19.9 Å². The molecule has 7 nitrogen and oxygen atoms in total. The van der Waals surface area contributed by atoms with E-state index in [1.807, 2.05) is 32.9 Å². The molecule has 4 heterocycles. The maximum absolute atomic E-state index is 15.3. The minimum Gasteiger partial charge on any atom is -0.444 e. The maximum Gasteiger partial charge on any atom is 0.410 e. The molecule has 0 spiro atoms. The Balaban J connectivity index is 1.27. The summed E-state index contributed by atoms with van der Waals surface area (Å²) in [4.78, 5) is 26.2. The molecule has 0 aliphatic carbocycles. The number of fused-ring (bicyclic) bond motifs is 1. The van der Waals surface area contributed by atoms with Crippen molar-refractivity contribution in [2.45, 2.75) is 70.8 Å². The zero-order chi connectivity index (χ0) is 28.4. The molecule has 2 aromatic heterocycles. The summed E-state index contributed by atoms with van der Waals surface area (Å²) in [5.74, 6) is 1.31. The van der Waals surface area contributed by atoms with Gasteiger partial charge in [0.1, 0.15) is 17.2 Å². The summed E-state index contributed by atoms with van der Waals surface area (Å²) < 4.78 is 20.8.